The molecule has 0 saturated carbocycles. The van der Waals surface area contributed by atoms with Crippen molar-refractivity contribution in [1.82, 2.24) is 15.1 Å². The molecule has 1 heterocycles. The first-order valence-corrected chi connectivity index (χ1v) is 7.01. The zero-order valence-electron chi connectivity index (χ0n) is 12.0. The molecule has 2 unspecified atom stereocenters. The standard InChI is InChI=1S/C16H23N3/c1-4-13(2)10-16(17-3)14-11-18-19(12-14)15-8-6-5-7-9-15/h5-9,11-13,16-17H,4,10H2,1-3H3. The van der Waals surface area contributed by atoms with E-state index in [0.717, 1.165) is 18.0 Å². The number of benzene rings is 1. The second kappa shape index (κ2) is 6.53. The molecule has 3 nitrogen and oxygen atoms in total. The van der Waals surface area contributed by atoms with Crippen LogP contribution in [0.1, 0.15) is 38.3 Å². The van der Waals surface area contributed by atoms with Crippen molar-refractivity contribution in [2.45, 2.75) is 32.7 Å². The Balaban J connectivity index is 2.15. The fourth-order valence-electron chi connectivity index (χ4n) is 2.23. The number of rotatable bonds is 6. The van der Waals surface area contributed by atoms with Gasteiger partial charge >= 0.3 is 0 Å². The molecule has 0 spiro atoms. The number of nitrogens with zero attached hydrogens (tertiary/aromatic N) is 2. The van der Waals surface area contributed by atoms with Crippen LogP contribution in [-0.4, -0.2) is 16.8 Å². The summed E-state index contributed by atoms with van der Waals surface area (Å²) >= 11 is 0. The summed E-state index contributed by atoms with van der Waals surface area (Å²) in [6.07, 6.45) is 6.45. The molecule has 0 bridgehead atoms. The smallest absolute Gasteiger partial charge is 0.0645 e. The van der Waals surface area contributed by atoms with Crippen LogP contribution in [-0.2, 0) is 0 Å². The van der Waals surface area contributed by atoms with Crippen LogP contribution in [0.2, 0.25) is 0 Å². The number of nitrogens with one attached hydrogen (secondary N) is 1. The quantitative estimate of drug-likeness (QED) is 0.857. The van der Waals surface area contributed by atoms with Crippen LogP contribution in [0, 0.1) is 5.92 Å². The monoisotopic (exact) mass is 257 g/mol. The minimum Gasteiger partial charge on any atom is -0.313 e. The van der Waals surface area contributed by atoms with E-state index in [1.807, 2.05) is 36.1 Å². The lowest BCUT2D eigenvalue weighted by molar-refractivity contribution is 0.422. The average molecular weight is 257 g/mol. The topological polar surface area (TPSA) is 29.9 Å². The van der Waals surface area contributed by atoms with Gasteiger partial charge in [-0.1, -0.05) is 38.5 Å². The van der Waals surface area contributed by atoms with Crippen molar-refractivity contribution in [1.29, 1.82) is 0 Å². The van der Waals surface area contributed by atoms with Gasteiger partial charge in [-0.2, -0.15) is 5.10 Å². The van der Waals surface area contributed by atoms with Gasteiger partial charge in [0.15, 0.2) is 0 Å². The van der Waals surface area contributed by atoms with Crippen molar-refractivity contribution < 1.29 is 0 Å². The summed E-state index contributed by atoms with van der Waals surface area (Å²) < 4.78 is 1.94. The number of para-hydroxylation sites is 1. The molecule has 0 amide bonds. The Kier molecular flexibility index (Phi) is 4.74. The molecule has 2 aromatic rings. The molecule has 3 heteroatoms. The summed E-state index contributed by atoms with van der Waals surface area (Å²) in [5.74, 6) is 0.720. The van der Waals surface area contributed by atoms with Gasteiger partial charge in [0.1, 0.15) is 0 Å². The van der Waals surface area contributed by atoms with E-state index in [2.05, 4.69) is 42.6 Å². The molecular weight excluding hydrogens is 234 g/mol. The van der Waals surface area contributed by atoms with E-state index in [4.69, 9.17) is 0 Å². The Morgan fingerprint density at radius 1 is 1.26 bits per heavy atom. The number of hydrogen-bond donors (Lipinski definition) is 1. The molecule has 1 aromatic heterocycles. The van der Waals surface area contributed by atoms with Crippen LogP contribution < -0.4 is 5.32 Å². The van der Waals surface area contributed by atoms with Gasteiger partial charge in [0, 0.05) is 17.8 Å². The van der Waals surface area contributed by atoms with Gasteiger partial charge in [-0.3, -0.25) is 0 Å². The van der Waals surface area contributed by atoms with Gasteiger partial charge in [0.25, 0.3) is 0 Å². The number of aromatic nitrogens is 2. The van der Waals surface area contributed by atoms with E-state index in [1.165, 1.54) is 12.0 Å². The lowest BCUT2D eigenvalue weighted by Crippen LogP contribution is -2.18. The lowest BCUT2D eigenvalue weighted by atomic mass is 9.96. The molecule has 19 heavy (non-hydrogen) atoms. The molecule has 102 valence electrons. The summed E-state index contributed by atoms with van der Waals surface area (Å²) in [6, 6.07) is 10.6. The second-order valence-corrected chi connectivity index (χ2v) is 5.14. The SMILES string of the molecule is CCC(C)CC(NC)c1cnn(-c2ccccc2)c1. The highest BCUT2D eigenvalue weighted by molar-refractivity contribution is 5.31. The molecular formula is C16H23N3. The van der Waals surface area contributed by atoms with Crippen molar-refractivity contribution in [2.75, 3.05) is 7.05 Å². The normalized spacial score (nSPS) is 14.3. The van der Waals surface area contributed by atoms with Crippen LogP contribution in [0.4, 0.5) is 0 Å². The van der Waals surface area contributed by atoms with E-state index in [9.17, 15) is 0 Å². The highest BCUT2D eigenvalue weighted by Gasteiger charge is 2.14. The first kappa shape index (κ1) is 13.8. The fourth-order valence-corrected chi connectivity index (χ4v) is 2.23. The third kappa shape index (κ3) is 3.44. The summed E-state index contributed by atoms with van der Waals surface area (Å²) in [7, 11) is 2.02. The summed E-state index contributed by atoms with van der Waals surface area (Å²) in [5.41, 5.74) is 2.36. The van der Waals surface area contributed by atoms with Gasteiger partial charge in [-0.25, -0.2) is 4.68 Å². The van der Waals surface area contributed by atoms with E-state index in [0.29, 0.717) is 6.04 Å². The summed E-state index contributed by atoms with van der Waals surface area (Å²) in [6.45, 7) is 4.54. The molecule has 0 aliphatic carbocycles. The number of hydrogen-bond acceptors (Lipinski definition) is 2. The first-order valence-electron chi connectivity index (χ1n) is 7.01. The van der Waals surface area contributed by atoms with E-state index >= 15 is 0 Å². The molecule has 0 fully saturated rings. The van der Waals surface area contributed by atoms with Crippen molar-refractivity contribution in [3.05, 3.63) is 48.3 Å². The van der Waals surface area contributed by atoms with E-state index < -0.39 is 0 Å². The van der Waals surface area contributed by atoms with Gasteiger partial charge in [-0.05, 0) is 31.5 Å². The summed E-state index contributed by atoms with van der Waals surface area (Å²) in [4.78, 5) is 0. The maximum Gasteiger partial charge on any atom is 0.0645 e. The lowest BCUT2D eigenvalue weighted by Gasteiger charge is -2.18. The maximum absolute atomic E-state index is 4.47. The Morgan fingerprint density at radius 2 is 2.00 bits per heavy atom. The zero-order chi connectivity index (χ0) is 13.7. The minimum atomic E-state index is 0.382. The van der Waals surface area contributed by atoms with E-state index in [1.54, 1.807) is 0 Å². The largest absolute Gasteiger partial charge is 0.313 e. The van der Waals surface area contributed by atoms with Gasteiger partial charge < -0.3 is 5.32 Å². The average Bonchev–Trinajstić information content (AvgIpc) is 2.95. The molecule has 0 aliphatic heterocycles. The molecule has 0 saturated heterocycles. The van der Waals surface area contributed by atoms with Crippen LogP contribution in [0.15, 0.2) is 42.7 Å². The third-order valence-electron chi connectivity index (χ3n) is 3.71. The zero-order valence-corrected chi connectivity index (χ0v) is 12.0. The predicted octanol–water partition coefficient (Wildman–Crippen LogP) is 3.57. The van der Waals surface area contributed by atoms with Gasteiger partial charge in [0.05, 0.1) is 11.9 Å². The van der Waals surface area contributed by atoms with Gasteiger partial charge in [0.2, 0.25) is 0 Å². The Labute approximate surface area is 115 Å². The van der Waals surface area contributed by atoms with Crippen LogP contribution in [0.25, 0.3) is 5.69 Å². The molecule has 1 N–H and O–H groups in total. The minimum absolute atomic E-state index is 0.382. The van der Waals surface area contributed by atoms with Crippen molar-refractivity contribution in [3.8, 4) is 5.69 Å². The van der Waals surface area contributed by atoms with Crippen molar-refractivity contribution >= 4 is 0 Å². The van der Waals surface area contributed by atoms with E-state index in [-0.39, 0.29) is 0 Å². The fraction of sp³-hybridized carbons (Fsp3) is 0.438. The van der Waals surface area contributed by atoms with Crippen LogP contribution in [0.3, 0.4) is 0 Å². The molecule has 0 aliphatic rings. The van der Waals surface area contributed by atoms with Gasteiger partial charge in [-0.15, -0.1) is 0 Å². The first-order chi connectivity index (χ1) is 9.24. The maximum atomic E-state index is 4.47. The second-order valence-electron chi connectivity index (χ2n) is 5.14. The van der Waals surface area contributed by atoms with Crippen molar-refractivity contribution in [3.63, 3.8) is 0 Å². The van der Waals surface area contributed by atoms with Crippen molar-refractivity contribution in [2.24, 2.45) is 5.92 Å². The Hall–Kier alpha value is -1.61. The Bertz CT molecular complexity index is 490. The Morgan fingerprint density at radius 3 is 2.63 bits per heavy atom. The molecule has 2 atom stereocenters. The highest BCUT2D eigenvalue weighted by atomic mass is 15.3. The predicted molar refractivity (Wildman–Crippen MR) is 79.4 cm³/mol. The molecule has 1 aromatic carbocycles. The van der Waals surface area contributed by atoms with Crippen LogP contribution >= 0.6 is 0 Å². The third-order valence-corrected chi connectivity index (χ3v) is 3.71. The molecule has 2 rings (SSSR count). The summed E-state index contributed by atoms with van der Waals surface area (Å²) in [5, 5.41) is 7.86. The highest BCUT2D eigenvalue weighted by Crippen LogP contribution is 2.23. The molecule has 0 radical (unpaired) electrons. The van der Waals surface area contributed by atoms with Crippen LogP contribution in [0.5, 0.6) is 0 Å².